The summed E-state index contributed by atoms with van der Waals surface area (Å²) in [7, 11) is 0. The average Bonchev–Trinajstić information content (AvgIpc) is 3.10. The minimum Gasteiger partial charge on any atom is -0.479 e. The number of ether oxygens (including phenoxy) is 2. The van der Waals surface area contributed by atoms with Crippen LogP contribution in [0.1, 0.15) is 65.2 Å². The van der Waals surface area contributed by atoms with Crippen LogP contribution in [0, 0.1) is 34.5 Å². The van der Waals surface area contributed by atoms with Crippen LogP contribution < -0.4 is 0 Å². The van der Waals surface area contributed by atoms with Crippen LogP contribution >= 0.6 is 0 Å². The van der Waals surface area contributed by atoms with Crippen LogP contribution in [0.4, 0.5) is 0 Å². The molecule has 0 bridgehead atoms. The Morgan fingerprint density at radius 3 is 2.32 bits per heavy atom. The maximum atomic E-state index is 13.7. The van der Waals surface area contributed by atoms with Crippen LogP contribution in [0.15, 0.2) is 0 Å². The summed E-state index contributed by atoms with van der Waals surface area (Å²) in [6.45, 7) is 3.88. The molecule has 0 spiro atoms. The zero-order valence-electron chi connectivity index (χ0n) is 21.2. The zero-order valence-corrected chi connectivity index (χ0v) is 21.2. The molecular formula is C26H38O11. The third-order valence-electron chi connectivity index (χ3n) is 11.0. The molecule has 0 amide bonds. The van der Waals surface area contributed by atoms with Gasteiger partial charge in [-0.3, -0.25) is 4.79 Å². The second-order valence-electron chi connectivity index (χ2n) is 12.6. The van der Waals surface area contributed by atoms with Gasteiger partial charge in [0.1, 0.15) is 24.1 Å². The van der Waals surface area contributed by atoms with Crippen LogP contribution in [0.2, 0.25) is 0 Å². The molecular weight excluding hydrogens is 488 g/mol. The van der Waals surface area contributed by atoms with Crippen LogP contribution in [-0.4, -0.2) is 90.8 Å². The number of rotatable bonds is 4. The summed E-state index contributed by atoms with van der Waals surface area (Å²) in [5.74, 6) is -2.85. The summed E-state index contributed by atoms with van der Waals surface area (Å²) >= 11 is 0. The largest absolute Gasteiger partial charge is 0.479 e. The van der Waals surface area contributed by atoms with Crippen molar-refractivity contribution in [2.45, 2.75) is 108 Å². The summed E-state index contributed by atoms with van der Waals surface area (Å²) in [6.07, 6.45) is -4.57. The smallest absolute Gasteiger partial charge is 0.336 e. The van der Waals surface area contributed by atoms with Gasteiger partial charge in [-0.05, 0) is 68.1 Å². The lowest BCUT2D eigenvalue weighted by Gasteiger charge is -2.60. The van der Waals surface area contributed by atoms with E-state index in [1.54, 1.807) is 6.92 Å². The predicted molar refractivity (Wildman–Crippen MR) is 124 cm³/mol. The van der Waals surface area contributed by atoms with E-state index in [1.807, 2.05) is 0 Å². The molecule has 0 aromatic rings. The maximum Gasteiger partial charge on any atom is 0.336 e. The lowest BCUT2D eigenvalue weighted by molar-refractivity contribution is -0.309. The lowest BCUT2D eigenvalue weighted by atomic mass is 9.44. The first-order valence-electron chi connectivity index (χ1n) is 13.3. The molecule has 5 fully saturated rings. The molecule has 0 unspecified atom stereocenters. The zero-order chi connectivity index (χ0) is 27.1. The highest BCUT2D eigenvalue weighted by Crippen LogP contribution is 2.67. The Bertz CT molecular complexity index is 970. The average molecular weight is 527 g/mol. The Morgan fingerprint density at radius 2 is 1.68 bits per heavy atom. The fourth-order valence-corrected chi connectivity index (χ4v) is 8.87. The number of aliphatic carboxylic acids is 2. The number of fused-ring (bicyclic) bond motifs is 5. The Labute approximate surface area is 214 Å². The van der Waals surface area contributed by atoms with Gasteiger partial charge in [-0.15, -0.1) is 0 Å². The number of aliphatic hydroxyl groups excluding tert-OH is 3. The molecule has 5 rings (SSSR count). The molecule has 11 heteroatoms. The number of hydrogen-bond donors (Lipinski definition) is 6. The molecule has 5 aliphatic rings. The second kappa shape index (κ2) is 8.96. The van der Waals surface area contributed by atoms with Gasteiger partial charge in [0, 0.05) is 17.8 Å². The molecule has 208 valence electrons. The molecule has 11 nitrogen and oxygen atoms in total. The molecule has 1 saturated heterocycles. The van der Waals surface area contributed by atoms with Crippen molar-refractivity contribution in [1.29, 1.82) is 0 Å². The number of ketones is 1. The summed E-state index contributed by atoms with van der Waals surface area (Å²) in [5, 5.41) is 60.5. The SMILES string of the molecule is C[C@]12CC[C@@H](O[C@@H]3O[C@H](C(=O)O)[C@@H](O)[C@H](O)[C@H]3O)C[C@H]1CC[C@@H]1[C@@H]2C(=O)C[C@@]2(C)[C@H]1CC[C@]2(O)C(=O)O. The van der Waals surface area contributed by atoms with E-state index in [0.29, 0.717) is 25.7 Å². The fraction of sp³-hybridized carbons (Fsp3) is 0.885. The highest BCUT2D eigenvalue weighted by atomic mass is 16.7. The quantitative estimate of drug-likeness (QED) is 0.276. The third kappa shape index (κ3) is 3.80. The minimum absolute atomic E-state index is 0.00908. The normalized spacial score (nSPS) is 53.6. The number of hydrogen-bond acceptors (Lipinski definition) is 9. The van der Waals surface area contributed by atoms with Crippen molar-refractivity contribution < 1.29 is 54.5 Å². The highest BCUT2D eigenvalue weighted by Gasteiger charge is 2.69. The molecule has 1 heterocycles. The van der Waals surface area contributed by atoms with Crippen LogP contribution in [-0.2, 0) is 23.9 Å². The molecule has 0 radical (unpaired) electrons. The van der Waals surface area contributed by atoms with Gasteiger partial charge >= 0.3 is 11.9 Å². The first-order valence-corrected chi connectivity index (χ1v) is 13.3. The summed E-state index contributed by atoms with van der Waals surface area (Å²) in [5.41, 5.74) is -3.20. The van der Waals surface area contributed by atoms with Crippen molar-refractivity contribution in [1.82, 2.24) is 0 Å². The van der Waals surface area contributed by atoms with E-state index in [4.69, 9.17) is 9.47 Å². The van der Waals surface area contributed by atoms with Crippen molar-refractivity contribution in [2.75, 3.05) is 0 Å². The Hall–Kier alpha value is -1.63. The van der Waals surface area contributed by atoms with Crippen LogP contribution in [0.3, 0.4) is 0 Å². The van der Waals surface area contributed by atoms with Crippen molar-refractivity contribution in [2.24, 2.45) is 34.5 Å². The standard InChI is InChI=1S/C26H38O11/c1-24-7-5-12(36-22-19(30)17(28)18(29)20(37-22)21(31)32)9-11(24)3-4-13-14-6-8-26(35,23(33)34)25(14,2)10-15(27)16(13)24/h11-14,16-20,22,28-30,35H,3-10H2,1-2H3,(H,31,32)(H,33,34)/t11-,12-,13+,14+,16-,17+,18+,19-,20+,22-,24+,25+,26+/m1/s1. The van der Waals surface area contributed by atoms with E-state index in [9.17, 15) is 45.0 Å². The Kier molecular flexibility index (Phi) is 6.53. The van der Waals surface area contributed by atoms with Gasteiger partial charge in [-0.1, -0.05) is 13.8 Å². The minimum atomic E-state index is -1.89. The third-order valence-corrected chi connectivity index (χ3v) is 11.0. The summed E-state index contributed by atoms with van der Waals surface area (Å²) in [4.78, 5) is 37.1. The second-order valence-corrected chi connectivity index (χ2v) is 12.6. The molecule has 0 aromatic carbocycles. The molecule has 4 saturated carbocycles. The van der Waals surface area contributed by atoms with Gasteiger partial charge < -0.3 is 40.1 Å². The van der Waals surface area contributed by atoms with Crippen LogP contribution in [0.5, 0.6) is 0 Å². The first-order chi connectivity index (χ1) is 17.2. The number of carboxylic acid groups (broad SMARTS) is 2. The highest BCUT2D eigenvalue weighted by molar-refractivity contribution is 5.87. The van der Waals surface area contributed by atoms with Gasteiger partial charge in [-0.2, -0.15) is 0 Å². The van der Waals surface area contributed by atoms with Crippen molar-refractivity contribution in [3.05, 3.63) is 0 Å². The van der Waals surface area contributed by atoms with E-state index in [1.165, 1.54) is 0 Å². The van der Waals surface area contributed by atoms with E-state index in [0.717, 1.165) is 12.8 Å². The van der Waals surface area contributed by atoms with Gasteiger partial charge in [-0.25, -0.2) is 9.59 Å². The monoisotopic (exact) mass is 526 g/mol. The molecule has 4 aliphatic carbocycles. The first kappa shape index (κ1) is 27.0. The molecule has 37 heavy (non-hydrogen) atoms. The van der Waals surface area contributed by atoms with Crippen molar-refractivity contribution in [3.63, 3.8) is 0 Å². The van der Waals surface area contributed by atoms with Crippen molar-refractivity contribution in [3.8, 4) is 0 Å². The number of Topliss-reactive ketones (excluding diaryl/α,β-unsaturated/α-hetero) is 1. The fourth-order valence-electron chi connectivity index (χ4n) is 8.87. The Morgan fingerprint density at radius 1 is 0.973 bits per heavy atom. The van der Waals surface area contributed by atoms with Gasteiger partial charge in [0.25, 0.3) is 0 Å². The molecule has 0 aromatic heterocycles. The van der Waals surface area contributed by atoms with Crippen molar-refractivity contribution >= 4 is 17.7 Å². The van der Waals surface area contributed by atoms with Gasteiger partial charge in [0.05, 0.1) is 6.10 Å². The number of carbonyl (C=O) groups is 3. The van der Waals surface area contributed by atoms with E-state index < -0.39 is 59.8 Å². The number of carbonyl (C=O) groups excluding carboxylic acids is 1. The topological polar surface area (TPSA) is 191 Å². The maximum absolute atomic E-state index is 13.7. The molecule has 13 atom stereocenters. The number of carboxylic acids is 2. The lowest BCUT2D eigenvalue weighted by Crippen LogP contribution is -2.62. The Balaban J connectivity index is 1.31. The van der Waals surface area contributed by atoms with E-state index >= 15 is 0 Å². The summed E-state index contributed by atoms with van der Waals surface area (Å²) < 4.78 is 11.2. The number of aliphatic hydroxyl groups is 4. The predicted octanol–water partition coefficient (Wildman–Crippen LogP) is 0.301. The molecule has 1 aliphatic heterocycles. The summed E-state index contributed by atoms with van der Waals surface area (Å²) in [6, 6.07) is 0. The van der Waals surface area contributed by atoms with Gasteiger partial charge in [0.2, 0.25) is 0 Å². The van der Waals surface area contributed by atoms with Crippen LogP contribution in [0.25, 0.3) is 0 Å². The molecule has 6 N–H and O–H groups in total. The van der Waals surface area contributed by atoms with Gasteiger partial charge in [0.15, 0.2) is 18.0 Å². The van der Waals surface area contributed by atoms with E-state index in [-0.39, 0.29) is 47.7 Å². The van der Waals surface area contributed by atoms with E-state index in [2.05, 4.69) is 6.92 Å².